The summed E-state index contributed by atoms with van der Waals surface area (Å²) in [5.41, 5.74) is -2.70. The molecule has 2 nitrogen and oxygen atoms in total. The van der Waals surface area contributed by atoms with Gasteiger partial charge < -0.3 is 17.7 Å². The number of pyridine rings is 1. The molecule has 0 aromatic carbocycles. The van der Waals surface area contributed by atoms with Gasteiger partial charge in [-0.2, -0.15) is 13.2 Å². The van der Waals surface area contributed by atoms with Crippen molar-refractivity contribution in [2.45, 2.75) is 6.18 Å². The van der Waals surface area contributed by atoms with Gasteiger partial charge in [-0.15, -0.1) is 0 Å². The first-order valence-corrected chi connectivity index (χ1v) is 3.97. The third kappa shape index (κ3) is 2.58. The Kier molecular flexibility index (Phi) is 3.07. The maximum atomic E-state index is 12.2. The van der Waals surface area contributed by atoms with Gasteiger partial charge in [0.2, 0.25) is 0 Å². The van der Waals surface area contributed by atoms with Gasteiger partial charge in [0.15, 0.2) is 5.69 Å². The highest BCUT2D eigenvalue weighted by Gasteiger charge is 2.37. The first-order valence-electron chi connectivity index (χ1n) is 3.97. The molecule has 0 bridgehead atoms. The molecule has 90 valence electrons. The van der Waals surface area contributed by atoms with Gasteiger partial charge in [-0.25, -0.2) is 0 Å². The molecular formula is C7H5BF6NO-. The normalized spacial score (nSPS) is 12.7. The lowest BCUT2D eigenvalue weighted by molar-refractivity contribution is -0.142. The van der Waals surface area contributed by atoms with Crippen molar-refractivity contribution in [3.63, 3.8) is 0 Å². The van der Waals surface area contributed by atoms with Gasteiger partial charge in [0.25, 0.3) is 0 Å². The Bertz CT molecular complexity index is 387. The summed E-state index contributed by atoms with van der Waals surface area (Å²) in [5.74, 6) is -0.941. The molecule has 0 aliphatic heterocycles. The molecule has 1 heterocycles. The molecular weight excluding hydrogens is 239 g/mol. The maximum Gasteiger partial charge on any atom is 0.511 e. The number of methoxy groups -OCH3 is 1. The van der Waals surface area contributed by atoms with E-state index < -0.39 is 30.1 Å². The third-order valence-corrected chi connectivity index (χ3v) is 1.74. The summed E-state index contributed by atoms with van der Waals surface area (Å²) in [6.45, 7) is -5.40. The minimum absolute atomic E-state index is 0.144. The monoisotopic (exact) mass is 244 g/mol. The van der Waals surface area contributed by atoms with E-state index in [0.29, 0.717) is 0 Å². The fraction of sp³-hybridized carbons (Fsp3) is 0.286. The summed E-state index contributed by atoms with van der Waals surface area (Å²) in [5, 5.41) is 0. The lowest BCUT2D eigenvalue weighted by Gasteiger charge is -2.17. The Morgan fingerprint density at radius 1 is 1.25 bits per heavy atom. The fourth-order valence-corrected chi connectivity index (χ4v) is 1.01. The Labute approximate surface area is 86.3 Å². The fourth-order valence-electron chi connectivity index (χ4n) is 1.01. The van der Waals surface area contributed by atoms with Gasteiger partial charge >= 0.3 is 13.2 Å². The second-order valence-corrected chi connectivity index (χ2v) is 2.89. The van der Waals surface area contributed by atoms with Crippen LogP contribution in [0.4, 0.5) is 26.1 Å². The molecule has 1 aromatic rings. The average Bonchev–Trinajstić information content (AvgIpc) is 2.14. The molecule has 0 spiro atoms. The number of hydrogen-bond donors (Lipinski definition) is 0. The first-order chi connectivity index (χ1) is 7.16. The Hall–Kier alpha value is -1.41. The molecule has 0 unspecified atom stereocenters. The van der Waals surface area contributed by atoms with Crippen molar-refractivity contribution in [3.8, 4) is 5.75 Å². The second kappa shape index (κ2) is 3.87. The molecule has 1 aromatic heterocycles. The van der Waals surface area contributed by atoms with Crippen molar-refractivity contribution < 1.29 is 30.9 Å². The van der Waals surface area contributed by atoms with Crippen LogP contribution >= 0.6 is 0 Å². The number of halogens is 6. The van der Waals surface area contributed by atoms with Crippen LogP contribution in [-0.2, 0) is 6.18 Å². The third-order valence-electron chi connectivity index (χ3n) is 1.74. The minimum Gasteiger partial charge on any atom is -0.495 e. The molecule has 0 N–H and O–H groups in total. The van der Waals surface area contributed by atoms with Crippen LogP contribution in [0.2, 0.25) is 0 Å². The molecule has 0 aliphatic carbocycles. The highest BCUT2D eigenvalue weighted by Crippen LogP contribution is 2.33. The molecule has 0 fully saturated rings. The van der Waals surface area contributed by atoms with Crippen LogP contribution in [0, 0.1) is 0 Å². The summed E-state index contributed by atoms with van der Waals surface area (Å²) in [6, 6.07) is 0.288. The molecule has 0 amide bonds. The second-order valence-electron chi connectivity index (χ2n) is 2.89. The van der Waals surface area contributed by atoms with Gasteiger partial charge in [-0.05, 0) is 6.07 Å². The number of rotatable bonds is 2. The zero-order valence-electron chi connectivity index (χ0n) is 7.86. The molecule has 0 saturated carbocycles. The van der Waals surface area contributed by atoms with E-state index in [2.05, 4.69) is 9.72 Å². The van der Waals surface area contributed by atoms with Crippen molar-refractivity contribution in [2.24, 2.45) is 0 Å². The molecule has 0 saturated heterocycles. The molecule has 0 aliphatic rings. The zero-order chi connectivity index (χ0) is 12.6. The number of alkyl halides is 3. The minimum atomic E-state index is -5.40. The number of hydrogen-bond acceptors (Lipinski definition) is 2. The molecule has 0 atom stereocenters. The van der Waals surface area contributed by atoms with Crippen LogP contribution in [-0.4, -0.2) is 19.1 Å². The quantitative estimate of drug-likeness (QED) is 0.587. The number of aromatic nitrogens is 1. The summed E-state index contributed by atoms with van der Waals surface area (Å²) in [6.07, 6.45) is -4.70. The molecule has 1 rings (SSSR count). The lowest BCUT2D eigenvalue weighted by Crippen LogP contribution is -2.35. The van der Waals surface area contributed by atoms with Crippen molar-refractivity contribution >= 4 is 12.4 Å². The maximum absolute atomic E-state index is 12.2. The molecule has 9 heteroatoms. The van der Waals surface area contributed by atoms with Crippen LogP contribution in [0.5, 0.6) is 5.75 Å². The van der Waals surface area contributed by atoms with E-state index in [9.17, 15) is 26.1 Å². The predicted molar refractivity (Wildman–Crippen MR) is 44.5 cm³/mol. The van der Waals surface area contributed by atoms with Crippen LogP contribution in [0.3, 0.4) is 0 Å². The number of ether oxygens (including phenoxy) is 1. The highest BCUT2D eigenvalue weighted by molar-refractivity contribution is 6.73. The Morgan fingerprint density at radius 3 is 2.19 bits per heavy atom. The van der Waals surface area contributed by atoms with Crippen LogP contribution < -0.4 is 10.2 Å². The van der Waals surface area contributed by atoms with Gasteiger partial charge in [0, 0.05) is 6.20 Å². The smallest absolute Gasteiger partial charge is 0.495 e. The van der Waals surface area contributed by atoms with Crippen molar-refractivity contribution in [1.29, 1.82) is 0 Å². The van der Waals surface area contributed by atoms with Gasteiger partial charge in [-0.1, -0.05) is 5.46 Å². The molecule has 16 heavy (non-hydrogen) atoms. The van der Waals surface area contributed by atoms with Gasteiger partial charge in [0.05, 0.1) is 7.11 Å². The van der Waals surface area contributed by atoms with E-state index in [1.54, 1.807) is 0 Å². The Morgan fingerprint density at radius 2 is 1.81 bits per heavy atom. The first kappa shape index (κ1) is 12.7. The van der Waals surface area contributed by atoms with Crippen LogP contribution in [0.1, 0.15) is 5.69 Å². The van der Waals surface area contributed by atoms with E-state index in [1.165, 1.54) is 0 Å². The standard InChI is InChI=1S/C7H5BF6NO/c1-16-5-2-4(8(12,13)14)3-15-6(5)7(9,10)11/h2-3H,1H3/q-1. The SMILES string of the molecule is COc1cc([B-](F)(F)F)cnc1C(F)(F)F. The Balaban J connectivity index is 3.28. The zero-order valence-corrected chi connectivity index (χ0v) is 7.86. The summed E-state index contributed by atoms with van der Waals surface area (Å²) >= 11 is 0. The summed E-state index contributed by atoms with van der Waals surface area (Å²) < 4.78 is 77.6. The van der Waals surface area contributed by atoms with E-state index in [4.69, 9.17) is 0 Å². The van der Waals surface area contributed by atoms with Crippen molar-refractivity contribution in [2.75, 3.05) is 7.11 Å². The van der Waals surface area contributed by atoms with E-state index in [-0.39, 0.29) is 12.3 Å². The van der Waals surface area contributed by atoms with Crippen LogP contribution in [0.25, 0.3) is 0 Å². The van der Waals surface area contributed by atoms with Crippen molar-refractivity contribution in [3.05, 3.63) is 18.0 Å². The predicted octanol–water partition coefficient (Wildman–Crippen LogP) is 2.16. The highest BCUT2D eigenvalue weighted by atomic mass is 19.4. The topological polar surface area (TPSA) is 22.1 Å². The summed E-state index contributed by atoms with van der Waals surface area (Å²) in [7, 11) is 0.847. The van der Waals surface area contributed by atoms with Crippen LogP contribution in [0.15, 0.2) is 12.3 Å². The van der Waals surface area contributed by atoms with Crippen molar-refractivity contribution in [1.82, 2.24) is 4.98 Å². The average molecular weight is 244 g/mol. The number of nitrogens with zero attached hydrogens (tertiary/aromatic N) is 1. The molecule has 0 radical (unpaired) electrons. The van der Waals surface area contributed by atoms with Gasteiger partial charge in [-0.3, -0.25) is 4.98 Å². The van der Waals surface area contributed by atoms with E-state index in [0.717, 1.165) is 7.11 Å². The van der Waals surface area contributed by atoms with Gasteiger partial charge in [0.1, 0.15) is 5.75 Å². The summed E-state index contributed by atoms with van der Waals surface area (Å²) in [4.78, 5) is 2.73. The lowest BCUT2D eigenvalue weighted by atomic mass is 9.81. The van der Waals surface area contributed by atoms with E-state index >= 15 is 0 Å². The van der Waals surface area contributed by atoms with E-state index in [1.807, 2.05) is 0 Å². The largest absolute Gasteiger partial charge is 0.511 e.